The number of carbonyl (C=O) groups is 1. The van der Waals surface area contributed by atoms with Crippen molar-refractivity contribution in [1.29, 1.82) is 0 Å². The Morgan fingerprint density at radius 3 is 1.90 bits per heavy atom. The molecule has 4 saturated carbocycles. The van der Waals surface area contributed by atoms with Gasteiger partial charge in [-0.3, -0.25) is 4.55 Å². The fraction of sp³-hybridized carbons (Fsp3) is 0.947. The summed E-state index contributed by atoms with van der Waals surface area (Å²) in [6.07, 6.45) is 5.66. The fourth-order valence-electron chi connectivity index (χ4n) is 6.90. The molecule has 4 aliphatic rings. The average molecular weight is 438 g/mol. The lowest BCUT2D eigenvalue weighted by atomic mass is 9.62. The van der Waals surface area contributed by atoms with Gasteiger partial charge >= 0.3 is 21.3 Å². The van der Waals surface area contributed by atoms with Gasteiger partial charge in [0, 0.05) is 5.92 Å². The fourth-order valence-corrected chi connectivity index (χ4v) is 7.15. The van der Waals surface area contributed by atoms with E-state index in [9.17, 15) is 32.2 Å². The Bertz CT molecular complexity index is 771. The normalized spacial score (nSPS) is 38.4. The van der Waals surface area contributed by atoms with Gasteiger partial charge in [-0.15, -0.1) is 0 Å². The van der Waals surface area contributed by atoms with E-state index < -0.39 is 44.6 Å². The van der Waals surface area contributed by atoms with E-state index in [2.05, 4.69) is 0 Å². The smallest absolute Gasteiger partial charge is 0.457 e. The minimum atomic E-state index is -5.93. The Kier molecular flexibility index (Phi) is 5.04. The van der Waals surface area contributed by atoms with Gasteiger partial charge in [0.2, 0.25) is 0 Å². The van der Waals surface area contributed by atoms with Crippen molar-refractivity contribution in [2.45, 2.75) is 86.8 Å². The molecule has 4 fully saturated rings. The molecule has 5 unspecified atom stereocenters. The molecule has 29 heavy (non-hydrogen) atoms. The molecule has 0 saturated heterocycles. The molecule has 3 N–H and O–H groups in total. The molecule has 5 atom stereocenters. The van der Waals surface area contributed by atoms with Crippen LogP contribution in [0.5, 0.6) is 0 Å². The molecule has 4 rings (SSSR count). The largest absolute Gasteiger partial charge is 0.465 e. The van der Waals surface area contributed by atoms with Gasteiger partial charge in [-0.1, -0.05) is 25.7 Å². The van der Waals surface area contributed by atoms with Crippen molar-refractivity contribution in [3.63, 3.8) is 0 Å². The van der Waals surface area contributed by atoms with Crippen LogP contribution in [-0.4, -0.2) is 51.7 Å². The number of aliphatic hydroxyl groups is 2. The Hall–Kier alpha value is -0.840. The van der Waals surface area contributed by atoms with E-state index in [0.717, 1.165) is 25.7 Å². The lowest BCUT2D eigenvalue weighted by molar-refractivity contribution is -0.182. The summed E-state index contributed by atoms with van der Waals surface area (Å²) in [5, 5.41) is 17.6. The zero-order valence-electron chi connectivity index (χ0n) is 16.1. The van der Waals surface area contributed by atoms with E-state index in [0.29, 0.717) is 32.1 Å². The first-order valence-electron chi connectivity index (χ1n) is 10.4. The van der Waals surface area contributed by atoms with Crippen LogP contribution >= 0.6 is 0 Å². The van der Waals surface area contributed by atoms with Gasteiger partial charge in [-0.05, 0) is 56.3 Å². The molecular weight excluding hydrogens is 410 g/mol. The highest BCUT2D eigenvalue weighted by atomic mass is 32.2. The number of rotatable bonds is 5. The number of ether oxygens (including phenoxy) is 1. The number of fused-ring (bicyclic) bond motifs is 2. The molecule has 4 aliphatic carbocycles. The number of hydrogen-bond acceptors (Lipinski definition) is 6. The molecular formula is C19H28F2O7S. The predicted octanol–water partition coefficient (Wildman–Crippen LogP) is 2.26. The Morgan fingerprint density at radius 2 is 1.41 bits per heavy atom. The maximum absolute atomic E-state index is 13.7. The molecule has 0 aromatic rings. The van der Waals surface area contributed by atoms with E-state index >= 15 is 0 Å². The number of halogens is 2. The summed E-state index contributed by atoms with van der Waals surface area (Å²) >= 11 is 0. The SMILES string of the molecule is O=C(OC1CC2CC1C(C1(O)CCCC1)C2C1(O)CCCC1)C(F)(F)S(=O)(=O)O. The lowest BCUT2D eigenvalue weighted by Crippen LogP contribution is -2.54. The van der Waals surface area contributed by atoms with E-state index in [1.54, 1.807) is 0 Å². The van der Waals surface area contributed by atoms with Crippen LogP contribution in [0.3, 0.4) is 0 Å². The van der Waals surface area contributed by atoms with Gasteiger partial charge in [-0.2, -0.15) is 17.2 Å². The van der Waals surface area contributed by atoms with Crippen LogP contribution in [0.15, 0.2) is 0 Å². The van der Waals surface area contributed by atoms with E-state index in [-0.39, 0.29) is 24.2 Å². The molecule has 0 aromatic heterocycles. The second kappa shape index (κ2) is 6.83. The third kappa shape index (κ3) is 3.30. The summed E-state index contributed by atoms with van der Waals surface area (Å²) in [5.41, 5.74) is -1.95. The highest BCUT2D eigenvalue weighted by Crippen LogP contribution is 2.64. The highest BCUT2D eigenvalue weighted by molar-refractivity contribution is 7.87. The summed E-state index contributed by atoms with van der Waals surface area (Å²) in [5.74, 6) is -3.36. The van der Waals surface area contributed by atoms with E-state index in [4.69, 9.17) is 9.29 Å². The zero-order chi connectivity index (χ0) is 21.2. The average Bonchev–Trinajstić information content (AvgIpc) is 3.37. The second-order valence-electron chi connectivity index (χ2n) is 9.50. The summed E-state index contributed by atoms with van der Waals surface area (Å²) in [4.78, 5) is 11.8. The standard InChI is InChI=1S/C19H28F2O7S/c20-19(21,29(25,26)27)16(22)28-13-10-11-9-12(13)15(18(24)7-3-4-8-18)14(11)17(23)5-1-2-6-17/h11-15,23-24H,1-10H2,(H,25,26,27). The minimum absolute atomic E-state index is 0.0881. The van der Waals surface area contributed by atoms with Crippen LogP contribution in [0.4, 0.5) is 8.78 Å². The predicted molar refractivity (Wildman–Crippen MR) is 96.4 cm³/mol. The zero-order valence-corrected chi connectivity index (χ0v) is 16.9. The molecule has 0 amide bonds. The van der Waals surface area contributed by atoms with Crippen molar-refractivity contribution in [2.24, 2.45) is 23.7 Å². The van der Waals surface area contributed by atoms with Crippen LogP contribution in [0, 0.1) is 23.7 Å². The van der Waals surface area contributed by atoms with E-state index in [1.807, 2.05) is 0 Å². The monoisotopic (exact) mass is 438 g/mol. The van der Waals surface area contributed by atoms with Crippen LogP contribution in [0.2, 0.25) is 0 Å². The van der Waals surface area contributed by atoms with Crippen molar-refractivity contribution in [3.8, 4) is 0 Å². The van der Waals surface area contributed by atoms with Gasteiger partial charge in [-0.25, -0.2) is 4.79 Å². The lowest BCUT2D eigenvalue weighted by Gasteiger charge is -2.48. The Balaban J connectivity index is 1.60. The molecule has 0 aliphatic heterocycles. The molecule has 0 spiro atoms. The molecule has 0 radical (unpaired) electrons. The number of esters is 1. The number of hydrogen-bond donors (Lipinski definition) is 3. The van der Waals surface area contributed by atoms with Crippen LogP contribution in [0.25, 0.3) is 0 Å². The molecule has 7 nitrogen and oxygen atoms in total. The molecule has 0 heterocycles. The minimum Gasteiger partial charge on any atom is -0.457 e. The first-order chi connectivity index (χ1) is 13.4. The summed E-state index contributed by atoms with van der Waals surface area (Å²) in [7, 11) is -5.93. The van der Waals surface area contributed by atoms with Crippen LogP contribution in [-0.2, 0) is 19.6 Å². The third-order valence-electron chi connectivity index (χ3n) is 7.94. The summed E-state index contributed by atoms with van der Waals surface area (Å²) < 4.78 is 62.6. The Morgan fingerprint density at radius 1 is 0.931 bits per heavy atom. The van der Waals surface area contributed by atoms with Crippen molar-refractivity contribution in [3.05, 3.63) is 0 Å². The van der Waals surface area contributed by atoms with Crippen molar-refractivity contribution < 1.29 is 41.5 Å². The van der Waals surface area contributed by atoms with Crippen LogP contribution in [0.1, 0.15) is 64.2 Å². The molecule has 0 aromatic carbocycles. The van der Waals surface area contributed by atoms with Gasteiger partial charge < -0.3 is 14.9 Å². The van der Waals surface area contributed by atoms with E-state index in [1.165, 1.54) is 0 Å². The number of carbonyl (C=O) groups excluding carboxylic acids is 1. The Labute approximate surface area is 168 Å². The third-order valence-corrected chi connectivity index (χ3v) is 8.76. The molecule has 10 heteroatoms. The van der Waals surface area contributed by atoms with Gasteiger partial charge in [0.15, 0.2) is 0 Å². The molecule has 166 valence electrons. The number of alkyl halides is 2. The van der Waals surface area contributed by atoms with Gasteiger partial charge in [0.25, 0.3) is 0 Å². The van der Waals surface area contributed by atoms with Crippen molar-refractivity contribution >= 4 is 16.1 Å². The quantitative estimate of drug-likeness (QED) is 0.445. The van der Waals surface area contributed by atoms with Crippen molar-refractivity contribution in [1.82, 2.24) is 0 Å². The first-order valence-corrected chi connectivity index (χ1v) is 11.8. The highest BCUT2D eigenvalue weighted by Gasteiger charge is 2.66. The van der Waals surface area contributed by atoms with Crippen LogP contribution < -0.4 is 0 Å². The van der Waals surface area contributed by atoms with Gasteiger partial charge in [0.1, 0.15) is 6.10 Å². The summed E-state index contributed by atoms with van der Waals surface area (Å²) in [6, 6.07) is 0. The first kappa shape index (κ1) is 21.4. The van der Waals surface area contributed by atoms with Gasteiger partial charge in [0.05, 0.1) is 11.2 Å². The maximum atomic E-state index is 13.7. The second-order valence-corrected chi connectivity index (χ2v) is 11.0. The maximum Gasteiger partial charge on any atom is 0.465 e. The van der Waals surface area contributed by atoms with Crippen molar-refractivity contribution in [2.75, 3.05) is 0 Å². The summed E-state index contributed by atoms with van der Waals surface area (Å²) in [6.45, 7) is 0. The topological polar surface area (TPSA) is 121 Å². The molecule has 2 bridgehead atoms.